The fourth-order valence-corrected chi connectivity index (χ4v) is 1.95. The molecule has 2 rings (SSSR count). The Morgan fingerprint density at radius 2 is 2.06 bits per heavy atom. The van der Waals surface area contributed by atoms with Crippen molar-refractivity contribution < 1.29 is 4.52 Å². The van der Waals surface area contributed by atoms with Gasteiger partial charge in [-0.3, -0.25) is 9.80 Å². The molecule has 0 aromatic carbocycles. The summed E-state index contributed by atoms with van der Waals surface area (Å²) >= 11 is 0. The Morgan fingerprint density at radius 3 is 2.62 bits per heavy atom. The highest BCUT2D eigenvalue weighted by Crippen LogP contribution is 2.09. The highest BCUT2D eigenvalue weighted by molar-refractivity contribution is 5.03. The molecule has 1 fully saturated rings. The van der Waals surface area contributed by atoms with Crippen molar-refractivity contribution in [2.75, 3.05) is 32.7 Å². The molecule has 0 atom stereocenters. The molecule has 4 nitrogen and oxygen atoms in total. The third-order valence-corrected chi connectivity index (χ3v) is 2.84. The summed E-state index contributed by atoms with van der Waals surface area (Å²) in [7, 11) is 0. The van der Waals surface area contributed by atoms with E-state index < -0.39 is 0 Å². The van der Waals surface area contributed by atoms with Gasteiger partial charge < -0.3 is 4.52 Å². The maximum absolute atomic E-state index is 5.29. The molecule has 0 saturated carbocycles. The number of terminal acetylenes is 1. The Kier molecular flexibility index (Phi) is 3.60. The van der Waals surface area contributed by atoms with Crippen molar-refractivity contribution in [1.82, 2.24) is 15.0 Å². The molecule has 16 heavy (non-hydrogen) atoms. The molecule has 4 heteroatoms. The zero-order valence-corrected chi connectivity index (χ0v) is 9.65. The van der Waals surface area contributed by atoms with Crippen LogP contribution >= 0.6 is 0 Å². The summed E-state index contributed by atoms with van der Waals surface area (Å²) in [5.74, 6) is 3.63. The van der Waals surface area contributed by atoms with E-state index >= 15 is 0 Å². The molecular weight excluding hydrogens is 202 g/mol. The number of hydrogen-bond donors (Lipinski definition) is 0. The van der Waals surface area contributed by atoms with Crippen LogP contribution in [0.1, 0.15) is 11.5 Å². The Labute approximate surface area is 96.2 Å². The van der Waals surface area contributed by atoms with Crippen molar-refractivity contribution >= 4 is 0 Å². The molecule has 0 aliphatic carbocycles. The predicted molar refractivity (Wildman–Crippen MR) is 61.8 cm³/mol. The molecule has 0 bridgehead atoms. The van der Waals surface area contributed by atoms with Crippen molar-refractivity contribution in [3.63, 3.8) is 0 Å². The fraction of sp³-hybridized carbons (Fsp3) is 0.583. The van der Waals surface area contributed by atoms with Gasteiger partial charge >= 0.3 is 0 Å². The van der Waals surface area contributed by atoms with Gasteiger partial charge in [0.05, 0.1) is 18.8 Å². The van der Waals surface area contributed by atoms with E-state index in [-0.39, 0.29) is 0 Å². The van der Waals surface area contributed by atoms with Crippen LogP contribution in [0.3, 0.4) is 0 Å². The van der Waals surface area contributed by atoms with Gasteiger partial charge in [-0.1, -0.05) is 11.1 Å². The number of rotatable bonds is 3. The van der Waals surface area contributed by atoms with Crippen molar-refractivity contribution in [2.45, 2.75) is 13.5 Å². The topological polar surface area (TPSA) is 32.5 Å². The van der Waals surface area contributed by atoms with Crippen molar-refractivity contribution in [2.24, 2.45) is 0 Å². The third kappa shape index (κ3) is 2.84. The predicted octanol–water partition coefficient (Wildman–Crippen LogP) is 0.734. The first-order valence-electron chi connectivity index (χ1n) is 5.58. The lowest BCUT2D eigenvalue weighted by Crippen LogP contribution is -2.45. The molecule has 1 aromatic rings. The summed E-state index contributed by atoms with van der Waals surface area (Å²) in [6, 6.07) is 1.99. The summed E-state index contributed by atoms with van der Waals surface area (Å²) in [5.41, 5.74) is 0.945. The van der Waals surface area contributed by atoms with E-state index in [2.05, 4.69) is 20.9 Å². The van der Waals surface area contributed by atoms with Gasteiger partial charge in [0.25, 0.3) is 0 Å². The van der Waals surface area contributed by atoms with E-state index in [1.165, 1.54) is 0 Å². The first-order chi connectivity index (χ1) is 7.78. The number of piperazine rings is 1. The largest absolute Gasteiger partial charge is 0.360 e. The minimum atomic E-state index is 0.759. The van der Waals surface area contributed by atoms with Gasteiger partial charge in [-0.05, 0) is 6.92 Å². The second-order valence-corrected chi connectivity index (χ2v) is 4.19. The van der Waals surface area contributed by atoms with Crippen LogP contribution in [0, 0.1) is 19.3 Å². The van der Waals surface area contributed by atoms with Gasteiger partial charge in [0.1, 0.15) is 0 Å². The van der Waals surface area contributed by atoms with E-state index in [0.29, 0.717) is 0 Å². The Morgan fingerprint density at radius 1 is 1.38 bits per heavy atom. The number of aryl methyl sites for hydroxylation is 1. The molecule has 0 unspecified atom stereocenters. The molecule has 86 valence electrons. The quantitative estimate of drug-likeness (QED) is 0.702. The van der Waals surface area contributed by atoms with Crippen LogP contribution in [0.5, 0.6) is 0 Å². The highest BCUT2D eigenvalue weighted by atomic mass is 16.5. The lowest BCUT2D eigenvalue weighted by molar-refractivity contribution is 0.128. The lowest BCUT2D eigenvalue weighted by Gasteiger charge is -2.32. The normalized spacial score (nSPS) is 18.5. The molecule has 2 heterocycles. The summed E-state index contributed by atoms with van der Waals surface area (Å²) in [4.78, 5) is 4.66. The number of aromatic nitrogens is 1. The lowest BCUT2D eigenvalue weighted by atomic mass is 10.3. The van der Waals surface area contributed by atoms with Crippen LogP contribution in [-0.2, 0) is 6.54 Å². The van der Waals surface area contributed by atoms with E-state index in [1.54, 1.807) is 0 Å². The fourth-order valence-electron chi connectivity index (χ4n) is 1.95. The maximum Gasteiger partial charge on any atom is 0.150 e. The van der Waals surface area contributed by atoms with Gasteiger partial charge in [-0.15, -0.1) is 6.42 Å². The average molecular weight is 219 g/mol. The molecule has 1 saturated heterocycles. The summed E-state index contributed by atoms with van der Waals surface area (Å²) in [6.45, 7) is 7.72. The molecule has 0 spiro atoms. The first kappa shape index (κ1) is 11.2. The number of nitrogens with zero attached hydrogens (tertiary/aromatic N) is 3. The van der Waals surface area contributed by atoms with Crippen LogP contribution in [0.2, 0.25) is 0 Å². The van der Waals surface area contributed by atoms with Gasteiger partial charge in [0.15, 0.2) is 5.76 Å². The zero-order chi connectivity index (χ0) is 11.4. The maximum atomic E-state index is 5.29. The zero-order valence-electron chi connectivity index (χ0n) is 9.65. The van der Waals surface area contributed by atoms with Crippen LogP contribution in [0.15, 0.2) is 10.6 Å². The second kappa shape index (κ2) is 5.15. The monoisotopic (exact) mass is 219 g/mol. The third-order valence-electron chi connectivity index (χ3n) is 2.84. The Hall–Kier alpha value is -1.31. The highest BCUT2D eigenvalue weighted by Gasteiger charge is 2.17. The molecule has 0 N–H and O–H groups in total. The molecular formula is C12H17N3O. The van der Waals surface area contributed by atoms with Gasteiger partial charge in [-0.2, -0.15) is 0 Å². The summed E-state index contributed by atoms with van der Waals surface area (Å²) in [6.07, 6.45) is 5.29. The van der Waals surface area contributed by atoms with Crippen LogP contribution < -0.4 is 0 Å². The van der Waals surface area contributed by atoms with E-state index in [1.807, 2.05) is 13.0 Å². The minimum Gasteiger partial charge on any atom is -0.360 e. The Balaban J connectivity index is 1.79. The van der Waals surface area contributed by atoms with E-state index in [0.717, 1.165) is 50.7 Å². The summed E-state index contributed by atoms with van der Waals surface area (Å²) < 4.78 is 5.20. The molecule has 1 aliphatic heterocycles. The van der Waals surface area contributed by atoms with Crippen molar-refractivity contribution in [3.05, 3.63) is 17.5 Å². The van der Waals surface area contributed by atoms with E-state index in [9.17, 15) is 0 Å². The summed E-state index contributed by atoms with van der Waals surface area (Å²) in [5, 5.41) is 3.89. The Bertz CT molecular complexity index is 372. The average Bonchev–Trinajstić information content (AvgIpc) is 2.67. The van der Waals surface area contributed by atoms with Gasteiger partial charge in [0, 0.05) is 32.2 Å². The standard InChI is InChI=1S/C12H17N3O/c1-3-4-14-5-7-15(8-6-14)10-12-9-11(2)13-16-12/h1,9H,4-8,10H2,2H3. The van der Waals surface area contributed by atoms with Crippen molar-refractivity contribution in [3.8, 4) is 12.3 Å². The van der Waals surface area contributed by atoms with Gasteiger partial charge in [0.2, 0.25) is 0 Å². The molecule has 0 amide bonds. The smallest absolute Gasteiger partial charge is 0.150 e. The number of hydrogen-bond acceptors (Lipinski definition) is 4. The van der Waals surface area contributed by atoms with Gasteiger partial charge in [-0.25, -0.2) is 0 Å². The van der Waals surface area contributed by atoms with E-state index in [4.69, 9.17) is 10.9 Å². The van der Waals surface area contributed by atoms with Crippen LogP contribution in [-0.4, -0.2) is 47.7 Å². The van der Waals surface area contributed by atoms with Crippen LogP contribution in [0.25, 0.3) is 0 Å². The SMILES string of the molecule is C#CCN1CCN(Cc2cc(C)no2)CC1. The van der Waals surface area contributed by atoms with Crippen molar-refractivity contribution in [1.29, 1.82) is 0 Å². The minimum absolute atomic E-state index is 0.759. The first-order valence-corrected chi connectivity index (χ1v) is 5.58. The van der Waals surface area contributed by atoms with Crippen LogP contribution in [0.4, 0.5) is 0 Å². The molecule has 1 aliphatic rings. The molecule has 1 aromatic heterocycles. The second-order valence-electron chi connectivity index (χ2n) is 4.19. The molecule has 0 radical (unpaired) electrons.